The van der Waals surface area contributed by atoms with Gasteiger partial charge in [0, 0.05) is 0 Å². The van der Waals surface area contributed by atoms with Crippen molar-refractivity contribution in [2.24, 2.45) is 0 Å². The fourth-order valence-corrected chi connectivity index (χ4v) is 1.17. The van der Waals surface area contributed by atoms with E-state index in [1.54, 1.807) is 4.98 Å². The predicted molar refractivity (Wildman–Crippen MR) is 47.2 cm³/mol. The van der Waals surface area contributed by atoms with Crippen molar-refractivity contribution in [2.45, 2.75) is 6.43 Å². The van der Waals surface area contributed by atoms with Crippen molar-refractivity contribution in [3.8, 4) is 0 Å². The van der Waals surface area contributed by atoms with Gasteiger partial charge < -0.3 is 4.98 Å². The summed E-state index contributed by atoms with van der Waals surface area (Å²) in [4.78, 5) is 23.3. The summed E-state index contributed by atoms with van der Waals surface area (Å²) in [5, 5.41) is -1.46. The zero-order valence-corrected chi connectivity index (χ0v) is 7.99. The van der Waals surface area contributed by atoms with Crippen LogP contribution in [-0.2, 0) is 0 Å². The van der Waals surface area contributed by atoms with Crippen LogP contribution in [-0.4, -0.2) is 10.2 Å². The molecule has 0 spiro atoms. The smallest absolute Gasteiger partial charge is 0.279 e. The van der Waals surface area contributed by atoms with E-state index >= 15 is 0 Å². The number of aromatic nitrogens is 1. The first kappa shape index (κ1) is 11.1. The van der Waals surface area contributed by atoms with Crippen LogP contribution >= 0.6 is 23.2 Å². The number of carbonyl (C=O) groups excluding carboxylic acids is 1. The molecule has 1 N–H and O–H groups in total. The summed E-state index contributed by atoms with van der Waals surface area (Å²) in [5.41, 5.74) is -2.20. The third-order valence-electron chi connectivity index (χ3n) is 1.46. The van der Waals surface area contributed by atoms with Crippen molar-refractivity contribution in [1.82, 2.24) is 4.98 Å². The van der Waals surface area contributed by atoms with Gasteiger partial charge in [0.2, 0.25) is 0 Å². The van der Waals surface area contributed by atoms with Gasteiger partial charge in [-0.05, 0) is 17.7 Å². The molecular weight excluding hydrogens is 239 g/mol. The van der Waals surface area contributed by atoms with Gasteiger partial charge >= 0.3 is 0 Å². The topological polar surface area (TPSA) is 49.9 Å². The molecule has 0 atom stereocenters. The highest BCUT2D eigenvalue weighted by atomic mass is 35.5. The Morgan fingerprint density at radius 3 is 2.50 bits per heavy atom. The van der Waals surface area contributed by atoms with Crippen LogP contribution < -0.4 is 5.56 Å². The van der Waals surface area contributed by atoms with Crippen LogP contribution in [0, 0.1) is 0 Å². The first-order valence-electron chi connectivity index (χ1n) is 3.34. The standard InChI is InChI=1S/C7H3Cl2F2NO2/c8-3-1-2(5(9)13)4(6(10)11)12-7(3)14/h1,6H,(H,12,14). The third kappa shape index (κ3) is 2.10. The van der Waals surface area contributed by atoms with E-state index in [1.165, 1.54) is 0 Å². The summed E-state index contributed by atoms with van der Waals surface area (Å²) in [5.74, 6) is 0. The Labute approximate surface area is 86.6 Å². The molecular formula is C7H3Cl2F2NO2. The molecule has 0 aliphatic heterocycles. The van der Waals surface area contributed by atoms with Crippen LogP contribution in [0.2, 0.25) is 5.02 Å². The van der Waals surface area contributed by atoms with Crippen LogP contribution in [0.5, 0.6) is 0 Å². The van der Waals surface area contributed by atoms with E-state index in [0.29, 0.717) is 0 Å². The quantitative estimate of drug-likeness (QED) is 0.809. The van der Waals surface area contributed by atoms with Gasteiger partial charge in [-0.3, -0.25) is 9.59 Å². The second-order valence-electron chi connectivity index (χ2n) is 2.35. The fourth-order valence-electron chi connectivity index (χ4n) is 0.854. The van der Waals surface area contributed by atoms with E-state index in [-0.39, 0.29) is 5.02 Å². The van der Waals surface area contributed by atoms with Crippen molar-refractivity contribution < 1.29 is 13.6 Å². The van der Waals surface area contributed by atoms with Crippen molar-refractivity contribution in [1.29, 1.82) is 0 Å². The molecule has 3 nitrogen and oxygen atoms in total. The van der Waals surface area contributed by atoms with Crippen LogP contribution in [0.4, 0.5) is 8.78 Å². The Morgan fingerprint density at radius 2 is 2.07 bits per heavy atom. The lowest BCUT2D eigenvalue weighted by Crippen LogP contribution is -2.13. The van der Waals surface area contributed by atoms with E-state index in [0.717, 1.165) is 6.07 Å². The number of H-pyrrole nitrogens is 1. The Bertz CT molecular complexity index is 430. The van der Waals surface area contributed by atoms with Crippen LogP contribution in [0.15, 0.2) is 10.9 Å². The van der Waals surface area contributed by atoms with Gasteiger partial charge in [0.05, 0.1) is 11.3 Å². The minimum atomic E-state index is -2.99. The summed E-state index contributed by atoms with van der Waals surface area (Å²) in [6, 6.07) is 0.817. The third-order valence-corrected chi connectivity index (χ3v) is 1.94. The first-order valence-corrected chi connectivity index (χ1v) is 4.09. The Morgan fingerprint density at radius 1 is 1.50 bits per heavy atom. The van der Waals surface area contributed by atoms with Gasteiger partial charge in [0.25, 0.3) is 17.2 Å². The van der Waals surface area contributed by atoms with Crippen molar-refractivity contribution in [3.05, 3.63) is 32.7 Å². The van der Waals surface area contributed by atoms with Crippen LogP contribution in [0.1, 0.15) is 22.5 Å². The number of hydrogen-bond donors (Lipinski definition) is 1. The van der Waals surface area contributed by atoms with Crippen molar-refractivity contribution >= 4 is 28.4 Å². The second-order valence-corrected chi connectivity index (χ2v) is 3.10. The summed E-state index contributed by atoms with van der Waals surface area (Å²) in [6.45, 7) is 0. The van der Waals surface area contributed by atoms with Gasteiger partial charge in [0.15, 0.2) is 0 Å². The normalized spacial score (nSPS) is 10.6. The molecule has 1 aromatic heterocycles. The minimum absolute atomic E-state index is 0.363. The van der Waals surface area contributed by atoms with Gasteiger partial charge in [-0.2, -0.15) is 0 Å². The van der Waals surface area contributed by atoms with Gasteiger partial charge in [0.1, 0.15) is 5.02 Å². The molecule has 0 aliphatic rings. The first-order chi connectivity index (χ1) is 6.43. The minimum Gasteiger partial charge on any atom is -0.319 e. The number of hydrogen-bond acceptors (Lipinski definition) is 2. The van der Waals surface area contributed by atoms with Gasteiger partial charge in [-0.1, -0.05) is 11.6 Å². The highest BCUT2D eigenvalue weighted by molar-refractivity contribution is 6.68. The van der Waals surface area contributed by atoms with E-state index in [4.69, 9.17) is 23.2 Å². The number of carbonyl (C=O) groups is 1. The monoisotopic (exact) mass is 241 g/mol. The molecule has 0 aliphatic carbocycles. The van der Waals surface area contributed by atoms with Crippen molar-refractivity contribution in [3.63, 3.8) is 0 Å². The molecule has 0 aromatic carbocycles. The zero-order chi connectivity index (χ0) is 10.9. The molecule has 0 amide bonds. The Hall–Kier alpha value is -0.940. The molecule has 0 saturated heterocycles. The predicted octanol–water partition coefficient (Wildman–Crippen LogP) is 2.34. The second kappa shape index (κ2) is 4.06. The zero-order valence-electron chi connectivity index (χ0n) is 6.48. The number of pyridine rings is 1. The lowest BCUT2D eigenvalue weighted by Gasteiger charge is -2.04. The van der Waals surface area contributed by atoms with E-state index in [9.17, 15) is 18.4 Å². The molecule has 76 valence electrons. The van der Waals surface area contributed by atoms with Crippen LogP contribution in [0.3, 0.4) is 0 Å². The fraction of sp³-hybridized carbons (Fsp3) is 0.143. The molecule has 1 aromatic rings. The van der Waals surface area contributed by atoms with Crippen LogP contribution in [0.25, 0.3) is 0 Å². The molecule has 0 bridgehead atoms. The molecule has 14 heavy (non-hydrogen) atoms. The van der Waals surface area contributed by atoms with Gasteiger partial charge in [-0.15, -0.1) is 0 Å². The molecule has 7 heteroatoms. The number of halogens is 4. The summed E-state index contributed by atoms with van der Waals surface area (Å²) in [7, 11) is 0. The van der Waals surface area contributed by atoms with E-state index in [1.807, 2.05) is 0 Å². The van der Waals surface area contributed by atoms with Crippen molar-refractivity contribution in [2.75, 3.05) is 0 Å². The largest absolute Gasteiger partial charge is 0.319 e. The van der Waals surface area contributed by atoms with E-state index in [2.05, 4.69) is 0 Å². The maximum absolute atomic E-state index is 12.3. The van der Waals surface area contributed by atoms with Gasteiger partial charge in [-0.25, -0.2) is 8.78 Å². The molecule has 1 rings (SSSR count). The Kier molecular flexibility index (Phi) is 3.23. The van der Waals surface area contributed by atoms with E-state index < -0.39 is 28.5 Å². The lowest BCUT2D eigenvalue weighted by molar-refractivity contribution is 0.106. The maximum atomic E-state index is 12.3. The molecule has 0 saturated carbocycles. The number of alkyl halides is 2. The molecule has 1 heterocycles. The average Bonchev–Trinajstić information content (AvgIpc) is 2.08. The number of rotatable bonds is 2. The highest BCUT2D eigenvalue weighted by Gasteiger charge is 2.19. The lowest BCUT2D eigenvalue weighted by atomic mass is 10.2. The summed E-state index contributed by atoms with van der Waals surface area (Å²) in [6.07, 6.45) is -2.99. The maximum Gasteiger partial charge on any atom is 0.279 e. The summed E-state index contributed by atoms with van der Waals surface area (Å²) >= 11 is 10.4. The average molecular weight is 242 g/mol. The summed E-state index contributed by atoms with van der Waals surface area (Å²) < 4.78 is 24.6. The highest BCUT2D eigenvalue weighted by Crippen LogP contribution is 2.22. The molecule has 0 radical (unpaired) electrons. The Balaban J connectivity index is 3.47. The SMILES string of the molecule is O=C(Cl)c1cc(Cl)c(=O)[nH]c1C(F)F. The molecule has 0 unspecified atom stereocenters. The molecule has 0 fully saturated rings. The number of nitrogens with one attached hydrogen (secondary N) is 1. The number of aromatic amines is 1.